The fourth-order valence-electron chi connectivity index (χ4n) is 3.99. The molecule has 2 aliphatic rings. The minimum absolute atomic E-state index is 0.298. The second-order valence-electron chi connectivity index (χ2n) is 6.13. The van der Waals surface area contributed by atoms with Crippen LogP contribution in [0, 0.1) is 0 Å². The molecule has 2 rings (SSSR count). The highest BCUT2D eigenvalue weighted by Crippen LogP contribution is 2.39. The van der Waals surface area contributed by atoms with Gasteiger partial charge in [0.25, 0.3) is 0 Å². The van der Waals surface area contributed by atoms with Gasteiger partial charge in [0.2, 0.25) is 0 Å². The lowest BCUT2D eigenvalue weighted by molar-refractivity contribution is -0.0372. The van der Waals surface area contributed by atoms with Gasteiger partial charge in [-0.15, -0.1) is 0 Å². The average Bonchev–Trinajstić information content (AvgIpc) is 2.95. The number of nitrogens with two attached hydrogens (primary N) is 1. The molecule has 0 aromatic rings. The Morgan fingerprint density at radius 1 is 1.21 bits per heavy atom. The largest absolute Gasteiger partial charge is 0.379 e. The molecular formula is C15H31N3O. The lowest BCUT2D eigenvalue weighted by Crippen LogP contribution is -2.63. The monoisotopic (exact) mass is 269 g/mol. The molecule has 1 aliphatic heterocycles. The Morgan fingerprint density at radius 2 is 1.89 bits per heavy atom. The highest BCUT2D eigenvalue weighted by molar-refractivity contribution is 5.03. The summed E-state index contributed by atoms with van der Waals surface area (Å²) in [6.07, 6.45) is 10.4. The third kappa shape index (κ3) is 3.48. The highest BCUT2D eigenvalue weighted by Gasteiger charge is 2.45. The maximum Gasteiger partial charge on any atom is 0.0594 e. The van der Waals surface area contributed by atoms with Crippen LogP contribution in [-0.2, 0) is 4.74 Å². The molecule has 4 nitrogen and oxygen atoms in total. The van der Waals surface area contributed by atoms with Gasteiger partial charge in [-0.25, -0.2) is 0 Å². The van der Waals surface area contributed by atoms with E-state index in [0.29, 0.717) is 11.6 Å². The van der Waals surface area contributed by atoms with E-state index in [4.69, 9.17) is 10.6 Å². The van der Waals surface area contributed by atoms with Gasteiger partial charge in [0.05, 0.1) is 13.2 Å². The molecule has 0 aromatic carbocycles. The first-order valence-corrected chi connectivity index (χ1v) is 8.12. The minimum Gasteiger partial charge on any atom is -0.379 e. The molecule has 0 bridgehead atoms. The topological polar surface area (TPSA) is 50.5 Å². The van der Waals surface area contributed by atoms with Crippen LogP contribution in [0.15, 0.2) is 0 Å². The quantitative estimate of drug-likeness (QED) is 0.422. The van der Waals surface area contributed by atoms with Gasteiger partial charge < -0.3 is 4.74 Å². The predicted molar refractivity (Wildman–Crippen MR) is 78.8 cm³/mol. The summed E-state index contributed by atoms with van der Waals surface area (Å²) in [5.41, 5.74) is 3.46. The van der Waals surface area contributed by atoms with Crippen molar-refractivity contribution < 1.29 is 4.74 Å². The van der Waals surface area contributed by atoms with Gasteiger partial charge in [0, 0.05) is 24.7 Å². The number of hydrazine groups is 1. The maximum absolute atomic E-state index is 5.92. The Kier molecular flexibility index (Phi) is 6.07. The summed E-state index contributed by atoms with van der Waals surface area (Å²) in [5.74, 6) is 5.92. The zero-order valence-electron chi connectivity index (χ0n) is 12.5. The molecule has 1 aliphatic carbocycles. The Labute approximate surface area is 118 Å². The molecule has 3 N–H and O–H groups in total. The van der Waals surface area contributed by atoms with Crippen molar-refractivity contribution in [3.63, 3.8) is 0 Å². The molecule has 1 heterocycles. The zero-order chi connectivity index (χ0) is 13.6. The second-order valence-corrected chi connectivity index (χ2v) is 6.13. The van der Waals surface area contributed by atoms with Gasteiger partial charge in [-0.3, -0.25) is 16.2 Å². The van der Waals surface area contributed by atoms with Crippen molar-refractivity contribution in [3.05, 3.63) is 0 Å². The molecule has 112 valence electrons. The lowest BCUT2D eigenvalue weighted by Gasteiger charge is -2.48. The molecule has 0 aromatic heterocycles. The van der Waals surface area contributed by atoms with Crippen LogP contribution in [-0.4, -0.2) is 42.8 Å². The predicted octanol–water partition coefficient (Wildman–Crippen LogP) is 2.04. The van der Waals surface area contributed by atoms with Gasteiger partial charge in [0.1, 0.15) is 0 Å². The molecule has 1 saturated heterocycles. The number of unbranched alkanes of at least 4 members (excludes halogenated alkanes) is 2. The zero-order valence-corrected chi connectivity index (χ0v) is 12.5. The van der Waals surface area contributed by atoms with Gasteiger partial charge in [-0.2, -0.15) is 0 Å². The van der Waals surface area contributed by atoms with Crippen LogP contribution in [0.5, 0.6) is 0 Å². The number of rotatable bonds is 7. The molecule has 2 fully saturated rings. The fourth-order valence-corrected chi connectivity index (χ4v) is 3.99. The standard InChI is InChI=1S/C15H31N3O/c1-2-3-4-7-14(17-16)15(8-5-6-9-15)18-10-12-19-13-11-18/h14,17H,2-13,16H2,1H3. The van der Waals surface area contributed by atoms with Gasteiger partial charge in [0.15, 0.2) is 0 Å². The molecule has 1 saturated carbocycles. The van der Waals surface area contributed by atoms with Crippen LogP contribution in [0.2, 0.25) is 0 Å². The molecule has 0 spiro atoms. The van der Waals surface area contributed by atoms with E-state index in [9.17, 15) is 0 Å². The van der Waals surface area contributed by atoms with E-state index in [0.717, 1.165) is 26.3 Å². The first-order chi connectivity index (χ1) is 9.33. The number of nitrogens with one attached hydrogen (secondary N) is 1. The molecule has 0 radical (unpaired) electrons. The van der Waals surface area contributed by atoms with E-state index in [1.807, 2.05) is 0 Å². The van der Waals surface area contributed by atoms with Crippen LogP contribution in [0.3, 0.4) is 0 Å². The van der Waals surface area contributed by atoms with Crippen molar-refractivity contribution in [2.45, 2.75) is 69.9 Å². The van der Waals surface area contributed by atoms with Crippen molar-refractivity contribution in [3.8, 4) is 0 Å². The minimum atomic E-state index is 0.298. The second kappa shape index (κ2) is 7.58. The smallest absolute Gasteiger partial charge is 0.0594 e. The first-order valence-electron chi connectivity index (χ1n) is 8.12. The van der Waals surface area contributed by atoms with Crippen molar-refractivity contribution in [1.29, 1.82) is 0 Å². The number of ether oxygens (including phenoxy) is 1. The summed E-state index contributed by atoms with van der Waals surface area (Å²) in [4.78, 5) is 2.67. The SMILES string of the molecule is CCCCCC(NN)C1(N2CCOCC2)CCCC1. The first kappa shape index (κ1) is 15.2. The molecule has 1 unspecified atom stereocenters. The average molecular weight is 269 g/mol. The Hall–Kier alpha value is -0.160. The van der Waals surface area contributed by atoms with Crippen molar-refractivity contribution >= 4 is 0 Å². The summed E-state index contributed by atoms with van der Waals surface area (Å²) in [6.45, 7) is 6.18. The molecule has 4 heteroatoms. The summed E-state index contributed by atoms with van der Waals surface area (Å²) in [5, 5.41) is 0. The normalized spacial score (nSPS) is 25.6. The van der Waals surface area contributed by atoms with E-state index in [-0.39, 0.29) is 0 Å². The Balaban J connectivity index is 2.02. The molecule has 19 heavy (non-hydrogen) atoms. The lowest BCUT2D eigenvalue weighted by atomic mass is 9.83. The third-order valence-corrected chi connectivity index (χ3v) is 5.06. The van der Waals surface area contributed by atoms with Crippen LogP contribution in [0.25, 0.3) is 0 Å². The summed E-state index contributed by atoms with van der Waals surface area (Å²) in [7, 11) is 0. The third-order valence-electron chi connectivity index (χ3n) is 5.06. The van der Waals surface area contributed by atoms with Crippen molar-refractivity contribution in [1.82, 2.24) is 10.3 Å². The van der Waals surface area contributed by atoms with Gasteiger partial charge in [-0.05, 0) is 19.3 Å². The van der Waals surface area contributed by atoms with Crippen molar-refractivity contribution in [2.75, 3.05) is 26.3 Å². The van der Waals surface area contributed by atoms with E-state index >= 15 is 0 Å². The van der Waals surface area contributed by atoms with Crippen LogP contribution >= 0.6 is 0 Å². The Morgan fingerprint density at radius 3 is 2.47 bits per heavy atom. The van der Waals surface area contributed by atoms with E-state index in [2.05, 4.69) is 17.2 Å². The van der Waals surface area contributed by atoms with Crippen molar-refractivity contribution in [2.24, 2.45) is 5.84 Å². The molecule has 0 amide bonds. The fraction of sp³-hybridized carbons (Fsp3) is 1.00. The molecular weight excluding hydrogens is 238 g/mol. The van der Waals surface area contributed by atoms with E-state index in [1.165, 1.54) is 51.4 Å². The summed E-state index contributed by atoms with van der Waals surface area (Å²) < 4.78 is 5.52. The maximum atomic E-state index is 5.92. The highest BCUT2D eigenvalue weighted by atomic mass is 16.5. The molecule has 1 atom stereocenters. The van der Waals surface area contributed by atoms with E-state index < -0.39 is 0 Å². The Bertz CT molecular complexity index is 248. The van der Waals surface area contributed by atoms with Crippen LogP contribution in [0.4, 0.5) is 0 Å². The summed E-state index contributed by atoms with van der Waals surface area (Å²) >= 11 is 0. The number of hydrogen-bond acceptors (Lipinski definition) is 4. The number of nitrogens with zero attached hydrogens (tertiary/aromatic N) is 1. The summed E-state index contributed by atoms with van der Waals surface area (Å²) in [6, 6.07) is 0.444. The van der Waals surface area contributed by atoms with Crippen LogP contribution in [0.1, 0.15) is 58.3 Å². The van der Waals surface area contributed by atoms with E-state index in [1.54, 1.807) is 0 Å². The van der Waals surface area contributed by atoms with Crippen LogP contribution < -0.4 is 11.3 Å². The van der Waals surface area contributed by atoms with Gasteiger partial charge >= 0.3 is 0 Å². The number of hydrogen-bond donors (Lipinski definition) is 2. The van der Waals surface area contributed by atoms with Gasteiger partial charge in [-0.1, -0.05) is 39.0 Å². The number of morpholine rings is 1.